The van der Waals surface area contributed by atoms with E-state index in [2.05, 4.69) is 21.7 Å². The second kappa shape index (κ2) is 12.8. The average Bonchev–Trinajstić information content (AvgIpc) is 2.66. The van der Waals surface area contributed by atoms with Crippen LogP contribution in [-0.2, 0) is 6.42 Å². The molecule has 0 heterocycles. The molecule has 7 heteroatoms. The Morgan fingerprint density at radius 1 is 1.15 bits per heavy atom. The highest BCUT2D eigenvalue weighted by Gasteiger charge is 2.08. The van der Waals surface area contributed by atoms with Gasteiger partial charge in [0.2, 0.25) is 0 Å². The highest BCUT2D eigenvalue weighted by Crippen LogP contribution is 2.18. The van der Waals surface area contributed by atoms with Crippen molar-refractivity contribution in [3.8, 4) is 5.75 Å². The molecule has 0 bridgehead atoms. The van der Waals surface area contributed by atoms with Gasteiger partial charge in [-0.3, -0.25) is 4.99 Å². The van der Waals surface area contributed by atoms with E-state index in [4.69, 9.17) is 16.3 Å². The van der Waals surface area contributed by atoms with Crippen LogP contribution in [0.25, 0.3) is 0 Å². The molecule has 3 N–H and O–H groups in total. The number of aliphatic hydroxyl groups excluding tert-OH is 1. The molecule has 0 aliphatic rings. The fourth-order valence-corrected chi connectivity index (χ4v) is 2.66. The minimum Gasteiger partial charge on any atom is -0.496 e. The van der Waals surface area contributed by atoms with Crippen LogP contribution < -0.4 is 15.4 Å². The van der Waals surface area contributed by atoms with Crippen LogP contribution >= 0.6 is 35.6 Å². The minimum absolute atomic E-state index is 0. The van der Waals surface area contributed by atoms with E-state index in [-0.39, 0.29) is 30.5 Å². The molecule has 0 spiro atoms. The number of nitrogens with one attached hydrogen (secondary N) is 2. The number of ether oxygens (including phenoxy) is 1. The van der Waals surface area contributed by atoms with Crippen LogP contribution in [0.3, 0.4) is 0 Å². The third-order valence-electron chi connectivity index (χ3n) is 3.90. The van der Waals surface area contributed by atoms with Gasteiger partial charge in [0.15, 0.2) is 5.96 Å². The van der Waals surface area contributed by atoms with E-state index in [0.717, 1.165) is 29.8 Å². The normalized spacial score (nSPS) is 12.1. The van der Waals surface area contributed by atoms with Crippen LogP contribution in [0.4, 0.5) is 0 Å². The van der Waals surface area contributed by atoms with Gasteiger partial charge in [-0.05, 0) is 42.7 Å². The molecule has 0 saturated heterocycles. The van der Waals surface area contributed by atoms with Gasteiger partial charge in [-0.15, -0.1) is 24.0 Å². The number of benzene rings is 2. The lowest BCUT2D eigenvalue weighted by atomic mass is 10.1. The third kappa shape index (κ3) is 7.94. The van der Waals surface area contributed by atoms with E-state index in [1.54, 1.807) is 19.2 Å². The van der Waals surface area contributed by atoms with Crippen LogP contribution in [0.1, 0.15) is 24.2 Å². The molecular formula is C20H27ClIN3O2. The Balaban J connectivity index is 0.00000364. The van der Waals surface area contributed by atoms with Gasteiger partial charge in [-0.2, -0.15) is 0 Å². The van der Waals surface area contributed by atoms with Crippen LogP contribution in [0.15, 0.2) is 53.5 Å². The van der Waals surface area contributed by atoms with Crippen molar-refractivity contribution in [2.24, 2.45) is 4.99 Å². The molecule has 0 amide bonds. The van der Waals surface area contributed by atoms with Crippen molar-refractivity contribution in [1.82, 2.24) is 10.6 Å². The molecule has 2 aromatic rings. The first kappa shape index (κ1) is 23.5. The highest BCUT2D eigenvalue weighted by molar-refractivity contribution is 14.0. The zero-order valence-electron chi connectivity index (χ0n) is 15.6. The van der Waals surface area contributed by atoms with Crippen molar-refractivity contribution in [1.29, 1.82) is 0 Å². The van der Waals surface area contributed by atoms with E-state index < -0.39 is 6.10 Å². The van der Waals surface area contributed by atoms with E-state index in [0.29, 0.717) is 17.5 Å². The van der Waals surface area contributed by atoms with Gasteiger partial charge in [0.05, 0.1) is 19.8 Å². The summed E-state index contributed by atoms with van der Waals surface area (Å²) in [6.07, 6.45) is 0.144. The largest absolute Gasteiger partial charge is 0.496 e. The maximum Gasteiger partial charge on any atom is 0.191 e. The summed E-state index contributed by atoms with van der Waals surface area (Å²) < 4.78 is 5.37. The van der Waals surface area contributed by atoms with Crippen molar-refractivity contribution in [2.45, 2.75) is 19.4 Å². The molecule has 0 saturated carbocycles. The van der Waals surface area contributed by atoms with Gasteiger partial charge in [-0.25, -0.2) is 0 Å². The predicted octanol–water partition coefficient (Wildman–Crippen LogP) is 3.80. The third-order valence-corrected chi connectivity index (χ3v) is 4.15. The van der Waals surface area contributed by atoms with E-state index in [1.165, 1.54) is 0 Å². The molecule has 27 heavy (non-hydrogen) atoms. The highest BCUT2D eigenvalue weighted by atomic mass is 127. The number of nitrogens with zero attached hydrogens (tertiary/aromatic N) is 1. The maximum atomic E-state index is 10.3. The molecule has 2 aromatic carbocycles. The van der Waals surface area contributed by atoms with Crippen LogP contribution in [0, 0.1) is 0 Å². The van der Waals surface area contributed by atoms with Crippen molar-refractivity contribution in [3.05, 3.63) is 64.7 Å². The number of aliphatic imine (C=N–C) groups is 1. The molecule has 0 radical (unpaired) electrons. The van der Waals surface area contributed by atoms with Crippen molar-refractivity contribution < 1.29 is 9.84 Å². The number of aliphatic hydroxyl groups is 1. The fourth-order valence-electron chi connectivity index (χ4n) is 2.53. The first-order chi connectivity index (χ1) is 12.6. The monoisotopic (exact) mass is 503 g/mol. The Hall–Kier alpha value is -1.51. The van der Waals surface area contributed by atoms with Crippen molar-refractivity contribution in [2.75, 3.05) is 26.7 Å². The van der Waals surface area contributed by atoms with E-state index in [9.17, 15) is 5.11 Å². The standard InChI is InChI=1S/C20H26ClN3O2.HI/c1-3-22-20(23-13-12-16-6-4-5-7-19(16)26-2)24-14-18(25)15-8-10-17(21)11-9-15;/h4-11,18,25H,3,12-14H2,1-2H3,(H2,22,23,24);1H. The van der Waals surface area contributed by atoms with Gasteiger partial charge in [-0.1, -0.05) is 41.9 Å². The van der Waals surface area contributed by atoms with Crippen LogP contribution in [0.2, 0.25) is 5.02 Å². The molecule has 0 aromatic heterocycles. The summed E-state index contributed by atoms with van der Waals surface area (Å²) in [6, 6.07) is 15.1. The zero-order valence-corrected chi connectivity index (χ0v) is 18.7. The average molecular weight is 504 g/mol. The number of guanidine groups is 1. The van der Waals surface area contributed by atoms with Crippen LogP contribution in [0.5, 0.6) is 5.75 Å². The summed E-state index contributed by atoms with van der Waals surface area (Å²) in [5.41, 5.74) is 1.93. The molecule has 148 valence electrons. The smallest absolute Gasteiger partial charge is 0.191 e. The van der Waals surface area contributed by atoms with E-state index >= 15 is 0 Å². The first-order valence-electron chi connectivity index (χ1n) is 8.71. The number of hydrogen-bond donors (Lipinski definition) is 3. The summed E-state index contributed by atoms with van der Waals surface area (Å²) in [4.78, 5) is 4.47. The second-order valence-electron chi connectivity index (χ2n) is 5.78. The number of halogens is 2. The van der Waals surface area contributed by atoms with Gasteiger partial charge in [0.1, 0.15) is 5.75 Å². The van der Waals surface area contributed by atoms with Gasteiger partial charge in [0.25, 0.3) is 0 Å². The minimum atomic E-state index is -0.669. The Morgan fingerprint density at radius 3 is 2.52 bits per heavy atom. The number of rotatable bonds is 8. The van der Waals surface area contributed by atoms with Gasteiger partial charge in [0, 0.05) is 18.1 Å². The molecule has 2 rings (SSSR count). The van der Waals surface area contributed by atoms with Crippen LogP contribution in [-0.4, -0.2) is 37.8 Å². The molecular weight excluding hydrogens is 477 g/mol. The van der Waals surface area contributed by atoms with Gasteiger partial charge >= 0.3 is 0 Å². The lowest BCUT2D eigenvalue weighted by molar-refractivity contribution is 0.187. The SMILES string of the molecule is CCNC(=NCC(O)c1ccc(Cl)cc1)NCCc1ccccc1OC.I. The molecule has 0 aliphatic heterocycles. The Kier molecular flexibility index (Phi) is 11.2. The zero-order chi connectivity index (χ0) is 18.8. The summed E-state index contributed by atoms with van der Waals surface area (Å²) in [5, 5.41) is 17.4. The Morgan fingerprint density at radius 2 is 1.85 bits per heavy atom. The van der Waals surface area contributed by atoms with E-state index in [1.807, 2.05) is 37.3 Å². The molecule has 0 aliphatic carbocycles. The lowest BCUT2D eigenvalue weighted by Gasteiger charge is -2.14. The quantitative estimate of drug-likeness (QED) is 0.291. The Bertz CT molecular complexity index is 711. The van der Waals surface area contributed by atoms with Crippen molar-refractivity contribution in [3.63, 3.8) is 0 Å². The molecule has 0 fully saturated rings. The van der Waals surface area contributed by atoms with Gasteiger partial charge < -0.3 is 20.5 Å². The fraction of sp³-hybridized carbons (Fsp3) is 0.350. The summed E-state index contributed by atoms with van der Waals surface area (Å²) in [7, 11) is 1.68. The maximum absolute atomic E-state index is 10.3. The number of para-hydroxylation sites is 1. The van der Waals surface area contributed by atoms with Crippen molar-refractivity contribution >= 4 is 41.5 Å². The second-order valence-corrected chi connectivity index (χ2v) is 6.21. The molecule has 1 unspecified atom stereocenters. The lowest BCUT2D eigenvalue weighted by Crippen LogP contribution is -2.38. The first-order valence-corrected chi connectivity index (χ1v) is 9.09. The molecule has 1 atom stereocenters. The summed E-state index contributed by atoms with van der Waals surface area (Å²) >= 11 is 5.88. The predicted molar refractivity (Wildman–Crippen MR) is 123 cm³/mol. The number of hydrogen-bond acceptors (Lipinski definition) is 3. The topological polar surface area (TPSA) is 65.9 Å². The summed E-state index contributed by atoms with van der Waals surface area (Å²) in [5.74, 6) is 1.56. The summed E-state index contributed by atoms with van der Waals surface area (Å²) in [6.45, 7) is 3.74. The molecule has 5 nitrogen and oxygen atoms in total. The number of methoxy groups -OCH3 is 1. The Labute approximate surface area is 183 Å².